The minimum absolute atomic E-state index is 0.0990. The molecule has 1 aliphatic carbocycles. The number of pyridine rings is 1. The summed E-state index contributed by atoms with van der Waals surface area (Å²) < 4.78 is 19.4. The maximum absolute atomic E-state index is 13.0. The van der Waals surface area contributed by atoms with E-state index >= 15 is 0 Å². The van der Waals surface area contributed by atoms with E-state index in [2.05, 4.69) is 23.7 Å². The van der Waals surface area contributed by atoms with E-state index < -0.39 is 24.0 Å². The number of rotatable bonds is 5. The molecule has 41 heavy (non-hydrogen) atoms. The molecule has 5 aliphatic heterocycles. The first-order valence-electron chi connectivity index (χ1n) is 15.2. The van der Waals surface area contributed by atoms with E-state index in [1.807, 2.05) is 60.5 Å². The zero-order valence-electron chi connectivity index (χ0n) is 24.2. The van der Waals surface area contributed by atoms with Crippen LogP contribution in [0.15, 0.2) is 48.7 Å². The van der Waals surface area contributed by atoms with Gasteiger partial charge in [-0.15, -0.1) is 0 Å². The van der Waals surface area contributed by atoms with Crippen LogP contribution in [0.4, 0.5) is 5.82 Å². The molecule has 220 valence electrons. The molecule has 6 heterocycles. The third-order valence-corrected chi connectivity index (χ3v) is 10.2. The van der Waals surface area contributed by atoms with E-state index in [1.54, 1.807) is 0 Å². The molecule has 2 bridgehead atoms. The van der Waals surface area contributed by atoms with Gasteiger partial charge in [0, 0.05) is 50.6 Å². The lowest BCUT2D eigenvalue weighted by molar-refractivity contribution is -0.575. The number of carbonyl (C=O) groups is 1. The number of hydrogen-bond donors (Lipinski definition) is 0. The highest BCUT2D eigenvalue weighted by atomic mass is 17.3. The summed E-state index contributed by atoms with van der Waals surface area (Å²) in [4.78, 5) is 33.8. The Kier molecular flexibility index (Phi) is 6.97. The molecule has 6 aliphatic rings. The van der Waals surface area contributed by atoms with Gasteiger partial charge in [-0.25, -0.2) is 14.8 Å². The monoisotopic (exact) mass is 563 g/mol. The maximum atomic E-state index is 13.0. The molecule has 1 aromatic carbocycles. The average Bonchev–Trinajstić information content (AvgIpc) is 3.23. The van der Waals surface area contributed by atoms with Crippen molar-refractivity contribution in [3.63, 3.8) is 0 Å². The molecular weight excluding hydrogens is 522 g/mol. The Morgan fingerprint density at radius 1 is 1.00 bits per heavy atom. The Morgan fingerprint density at radius 3 is 2.56 bits per heavy atom. The lowest BCUT2D eigenvalue weighted by atomic mass is 9.58. The highest BCUT2D eigenvalue weighted by Crippen LogP contribution is 2.60. The number of fused-ring (bicyclic) bond motifs is 2. The van der Waals surface area contributed by atoms with Gasteiger partial charge < -0.3 is 24.0 Å². The second kappa shape index (κ2) is 10.5. The molecule has 8 atom stereocenters. The van der Waals surface area contributed by atoms with Crippen LogP contribution in [-0.4, -0.2) is 65.9 Å². The fourth-order valence-corrected chi connectivity index (χ4v) is 7.84. The van der Waals surface area contributed by atoms with Crippen LogP contribution in [0.2, 0.25) is 0 Å². The lowest BCUT2D eigenvalue weighted by Gasteiger charge is -2.60. The SMILES string of the molecule is C[C@H]1[C@@H](Oc2ccc(CC(=O)N3CCN(c4ccccn4)CC3)cc2)O[C@@H]2O[C@@]3(C)CC[C@H]4[C@H](C)CC[C@@H]1[C@@]24OO3. The number of anilines is 1. The molecule has 1 aromatic heterocycles. The van der Waals surface area contributed by atoms with Crippen LogP contribution in [0.1, 0.15) is 52.0 Å². The zero-order valence-corrected chi connectivity index (χ0v) is 24.2. The van der Waals surface area contributed by atoms with Crippen molar-refractivity contribution < 1.29 is 28.8 Å². The average molecular weight is 564 g/mol. The highest BCUT2D eigenvalue weighted by Gasteiger charge is 2.69. The zero-order chi connectivity index (χ0) is 28.2. The van der Waals surface area contributed by atoms with E-state index in [0.717, 1.165) is 55.9 Å². The van der Waals surface area contributed by atoms with Crippen molar-refractivity contribution in [3.05, 3.63) is 54.2 Å². The topological polar surface area (TPSA) is 82.6 Å². The van der Waals surface area contributed by atoms with E-state index in [9.17, 15) is 4.79 Å². The first kappa shape index (κ1) is 27.1. The Labute approximate surface area is 242 Å². The number of nitrogens with zero attached hydrogens (tertiary/aromatic N) is 3. The smallest absolute Gasteiger partial charge is 0.227 e. The van der Waals surface area contributed by atoms with Gasteiger partial charge in [0.2, 0.25) is 18.0 Å². The molecule has 0 radical (unpaired) electrons. The van der Waals surface area contributed by atoms with Crippen LogP contribution in [0.5, 0.6) is 5.75 Å². The summed E-state index contributed by atoms with van der Waals surface area (Å²) in [6.45, 7) is 9.43. The standard InChI is InChI=1S/C32H41N3O6/c1-21-7-12-26-22(2)29(38-30-32(26)25(21)13-14-31(3,39-30)40-41-32)37-24-10-8-23(9-11-24)20-28(36)35-18-16-34(17-19-35)27-6-4-5-15-33-27/h4-6,8-11,15,21-22,25-26,29-30H,7,12-14,16-20H2,1-3H3/t21-,22-,25+,26+,29+,30-,31-,32-/m1/s1. The Balaban J connectivity index is 0.983. The Bertz CT molecular complexity index is 1240. The van der Waals surface area contributed by atoms with Crippen LogP contribution >= 0.6 is 0 Å². The third kappa shape index (κ3) is 4.80. The summed E-state index contributed by atoms with van der Waals surface area (Å²) in [6, 6.07) is 13.8. The fourth-order valence-electron chi connectivity index (χ4n) is 7.84. The molecule has 1 spiro atoms. The van der Waals surface area contributed by atoms with Gasteiger partial charge in [-0.3, -0.25) is 4.79 Å². The van der Waals surface area contributed by atoms with Crippen molar-refractivity contribution in [3.8, 4) is 5.75 Å². The van der Waals surface area contributed by atoms with Gasteiger partial charge in [-0.2, -0.15) is 0 Å². The number of ether oxygens (including phenoxy) is 3. The van der Waals surface area contributed by atoms with Gasteiger partial charge in [-0.05, 0) is 67.9 Å². The van der Waals surface area contributed by atoms with Crippen molar-refractivity contribution in [1.29, 1.82) is 0 Å². The van der Waals surface area contributed by atoms with Crippen molar-refractivity contribution in [2.45, 2.75) is 76.8 Å². The number of hydrogen-bond acceptors (Lipinski definition) is 8. The summed E-state index contributed by atoms with van der Waals surface area (Å²) in [6.07, 6.45) is 5.17. The number of aromatic nitrogens is 1. The fraction of sp³-hybridized carbons (Fsp3) is 0.625. The van der Waals surface area contributed by atoms with Crippen molar-refractivity contribution in [1.82, 2.24) is 9.88 Å². The first-order valence-corrected chi connectivity index (χ1v) is 15.2. The quantitative estimate of drug-likeness (QED) is 0.490. The van der Waals surface area contributed by atoms with Gasteiger partial charge in [0.25, 0.3) is 0 Å². The van der Waals surface area contributed by atoms with Crippen LogP contribution in [0.25, 0.3) is 0 Å². The van der Waals surface area contributed by atoms with Gasteiger partial charge in [0.05, 0.1) is 6.42 Å². The molecule has 0 N–H and O–H groups in total. The minimum Gasteiger partial charge on any atom is -0.465 e. The molecule has 1 saturated carbocycles. The summed E-state index contributed by atoms with van der Waals surface area (Å²) in [5.41, 5.74) is 0.373. The van der Waals surface area contributed by atoms with Gasteiger partial charge in [0.15, 0.2) is 11.9 Å². The van der Waals surface area contributed by atoms with Gasteiger partial charge in [0.1, 0.15) is 11.6 Å². The summed E-state index contributed by atoms with van der Waals surface area (Å²) >= 11 is 0. The van der Waals surface area contributed by atoms with Crippen LogP contribution in [0, 0.1) is 23.7 Å². The van der Waals surface area contributed by atoms with Crippen molar-refractivity contribution in [2.24, 2.45) is 23.7 Å². The Morgan fingerprint density at radius 2 is 1.80 bits per heavy atom. The highest BCUT2D eigenvalue weighted by molar-refractivity contribution is 5.79. The Hall–Kier alpha value is -2.72. The molecule has 1 amide bonds. The van der Waals surface area contributed by atoms with Crippen molar-refractivity contribution >= 4 is 11.7 Å². The molecular formula is C32H41N3O6. The number of amides is 1. The maximum Gasteiger partial charge on any atom is 0.227 e. The molecule has 8 rings (SSSR count). The summed E-state index contributed by atoms with van der Waals surface area (Å²) in [7, 11) is 0. The molecule has 5 saturated heterocycles. The van der Waals surface area contributed by atoms with E-state index in [0.29, 0.717) is 31.3 Å². The van der Waals surface area contributed by atoms with Crippen LogP contribution < -0.4 is 9.64 Å². The van der Waals surface area contributed by atoms with E-state index in [4.69, 9.17) is 24.0 Å². The van der Waals surface area contributed by atoms with E-state index in [-0.39, 0.29) is 17.7 Å². The molecule has 0 unspecified atom stereocenters. The van der Waals surface area contributed by atoms with Gasteiger partial charge >= 0.3 is 0 Å². The predicted molar refractivity (Wildman–Crippen MR) is 151 cm³/mol. The second-order valence-electron chi connectivity index (χ2n) is 12.8. The largest absolute Gasteiger partial charge is 0.465 e. The number of piperazine rings is 1. The number of benzene rings is 1. The van der Waals surface area contributed by atoms with Crippen LogP contribution in [-0.2, 0) is 30.5 Å². The summed E-state index contributed by atoms with van der Waals surface area (Å²) in [5.74, 6) is 2.19. The first-order chi connectivity index (χ1) is 19.8. The lowest BCUT2D eigenvalue weighted by Crippen LogP contribution is -2.70. The third-order valence-electron chi connectivity index (χ3n) is 10.2. The minimum atomic E-state index is -0.804. The molecule has 9 nitrogen and oxygen atoms in total. The second-order valence-corrected chi connectivity index (χ2v) is 12.8. The molecule has 2 aromatic rings. The van der Waals surface area contributed by atoms with Crippen molar-refractivity contribution in [2.75, 3.05) is 31.1 Å². The molecule has 9 heteroatoms. The summed E-state index contributed by atoms with van der Waals surface area (Å²) in [5, 5.41) is 0. The normalized spacial score (nSPS) is 38.2. The predicted octanol–water partition coefficient (Wildman–Crippen LogP) is 4.56. The molecule has 6 fully saturated rings. The van der Waals surface area contributed by atoms with E-state index in [1.165, 1.54) is 0 Å². The van der Waals surface area contributed by atoms with Crippen LogP contribution in [0.3, 0.4) is 0 Å². The number of carbonyl (C=O) groups excluding carboxylic acids is 1. The van der Waals surface area contributed by atoms with Gasteiger partial charge in [-0.1, -0.05) is 32.0 Å².